The minimum absolute atomic E-state index is 0.234. The Morgan fingerprint density at radius 2 is 2.00 bits per heavy atom. The van der Waals surface area contributed by atoms with E-state index in [-0.39, 0.29) is 5.60 Å². The fourth-order valence-electron chi connectivity index (χ4n) is 2.84. The van der Waals surface area contributed by atoms with Gasteiger partial charge in [0.1, 0.15) is 5.60 Å². The average Bonchev–Trinajstić information content (AvgIpc) is 2.86. The van der Waals surface area contributed by atoms with Crippen molar-refractivity contribution in [2.45, 2.75) is 58.6 Å². The molecule has 0 amide bonds. The van der Waals surface area contributed by atoms with Gasteiger partial charge in [0.25, 0.3) is 0 Å². The average molecular weight is 263 g/mol. The summed E-state index contributed by atoms with van der Waals surface area (Å²) in [4.78, 5) is 9.40. The summed E-state index contributed by atoms with van der Waals surface area (Å²) in [6.45, 7) is 8.67. The fraction of sp³-hybridized carbons (Fsp3) is 0.733. The standard InChI is InChI=1S/C15H25N3O/c1-4-16-11-13-10-12(3)17-14(18-13)15(19-5-2)8-6-7-9-15/h10,16H,4-9,11H2,1-3H3. The van der Waals surface area contributed by atoms with E-state index in [9.17, 15) is 0 Å². The van der Waals surface area contributed by atoms with Gasteiger partial charge in [0.15, 0.2) is 5.82 Å². The summed E-state index contributed by atoms with van der Waals surface area (Å²) >= 11 is 0. The lowest BCUT2D eigenvalue weighted by atomic mass is 10.0. The van der Waals surface area contributed by atoms with E-state index in [4.69, 9.17) is 9.72 Å². The van der Waals surface area contributed by atoms with E-state index in [2.05, 4.69) is 30.2 Å². The van der Waals surface area contributed by atoms with Crippen molar-refractivity contribution in [2.75, 3.05) is 13.2 Å². The fourth-order valence-corrected chi connectivity index (χ4v) is 2.84. The second-order valence-corrected chi connectivity index (χ2v) is 5.24. The maximum atomic E-state index is 6.05. The van der Waals surface area contributed by atoms with Gasteiger partial charge in [-0.15, -0.1) is 0 Å². The first-order chi connectivity index (χ1) is 9.20. The Hall–Kier alpha value is -1.00. The highest BCUT2D eigenvalue weighted by molar-refractivity contribution is 5.15. The Labute approximate surface area is 116 Å². The van der Waals surface area contributed by atoms with Gasteiger partial charge in [-0.1, -0.05) is 6.92 Å². The molecule has 0 unspecified atom stereocenters. The number of aromatic nitrogens is 2. The van der Waals surface area contributed by atoms with Crippen molar-refractivity contribution in [1.29, 1.82) is 0 Å². The largest absolute Gasteiger partial charge is 0.367 e. The normalized spacial score (nSPS) is 17.8. The molecular formula is C15H25N3O. The molecule has 1 fully saturated rings. The number of aryl methyl sites for hydroxylation is 1. The smallest absolute Gasteiger partial charge is 0.160 e. The summed E-state index contributed by atoms with van der Waals surface area (Å²) < 4.78 is 6.05. The van der Waals surface area contributed by atoms with Gasteiger partial charge in [0, 0.05) is 18.8 Å². The minimum Gasteiger partial charge on any atom is -0.367 e. The van der Waals surface area contributed by atoms with Crippen LogP contribution in [0.25, 0.3) is 0 Å². The molecule has 2 rings (SSSR count). The molecule has 1 aromatic heterocycles. The minimum atomic E-state index is -0.234. The molecule has 0 spiro atoms. The molecule has 106 valence electrons. The highest BCUT2D eigenvalue weighted by Crippen LogP contribution is 2.40. The van der Waals surface area contributed by atoms with Gasteiger partial charge in [-0.05, 0) is 52.1 Å². The summed E-state index contributed by atoms with van der Waals surface area (Å²) in [5.74, 6) is 0.889. The molecule has 1 N–H and O–H groups in total. The third kappa shape index (κ3) is 3.31. The Kier molecular flexibility index (Phi) is 4.88. The van der Waals surface area contributed by atoms with Crippen LogP contribution in [0.2, 0.25) is 0 Å². The number of hydrogen-bond acceptors (Lipinski definition) is 4. The first-order valence-corrected chi connectivity index (χ1v) is 7.40. The van der Waals surface area contributed by atoms with Crippen molar-refractivity contribution in [1.82, 2.24) is 15.3 Å². The maximum Gasteiger partial charge on any atom is 0.160 e. The van der Waals surface area contributed by atoms with Crippen LogP contribution in [0, 0.1) is 6.92 Å². The van der Waals surface area contributed by atoms with E-state index in [1.165, 1.54) is 12.8 Å². The molecule has 1 saturated carbocycles. The van der Waals surface area contributed by atoms with Crippen LogP contribution in [0.5, 0.6) is 0 Å². The highest BCUT2D eigenvalue weighted by atomic mass is 16.5. The third-order valence-corrected chi connectivity index (χ3v) is 3.70. The zero-order chi connectivity index (χ0) is 13.7. The predicted molar refractivity (Wildman–Crippen MR) is 75.9 cm³/mol. The molecule has 0 saturated heterocycles. The molecule has 19 heavy (non-hydrogen) atoms. The zero-order valence-corrected chi connectivity index (χ0v) is 12.3. The molecule has 4 heteroatoms. The van der Waals surface area contributed by atoms with E-state index >= 15 is 0 Å². The first kappa shape index (κ1) is 14.4. The molecule has 0 aliphatic heterocycles. The summed E-state index contributed by atoms with van der Waals surface area (Å²) in [6, 6.07) is 2.06. The van der Waals surface area contributed by atoms with Crippen LogP contribution < -0.4 is 5.32 Å². The Morgan fingerprint density at radius 1 is 1.26 bits per heavy atom. The van der Waals surface area contributed by atoms with Crippen LogP contribution in [0.4, 0.5) is 0 Å². The van der Waals surface area contributed by atoms with Crippen molar-refractivity contribution < 1.29 is 4.74 Å². The summed E-state index contributed by atoms with van der Waals surface area (Å²) in [5.41, 5.74) is 1.86. The van der Waals surface area contributed by atoms with Crippen LogP contribution in [-0.4, -0.2) is 23.1 Å². The van der Waals surface area contributed by atoms with Crippen LogP contribution in [0.1, 0.15) is 56.7 Å². The lowest BCUT2D eigenvalue weighted by Crippen LogP contribution is -2.30. The van der Waals surface area contributed by atoms with E-state index < -0.39 is 0 Å². The quantitative estimate of drug-likeness (QED) is 0.857. The molecule has 0 radical (unpaired) electrons. The maximum absolute atomic E-state index is 6.05. The molecule has 1 aromatic rings. The SMILES string of the molecule is CCNCc1cc(C)nc(C2(OCC)CCCC2)n1. The zero-order valence-electron chi connectivity index (χ0n) is 12.3. The summed E-state index contributed by atoms with van der Waals surface area (Å²) in [7, 11) is 0. The topological polar surface area (TPSA) is 47.0 Å². The van der Waals surface area contributed by atoms with Crippen molar-refractivity contribution in [3.8, 4) is 0 Å². The van der Waals surface area contributed by atoms with Crippen LogP contribution in [0.3, 0.4) is 0 Å². The van der Waals surface area contributed by atoms with Gasteiger partial charge in [-0.3, -0.25) is 0 Å². The van der Waals surface area contributed by atoms with Gasteiger partial charge in [-0.25, -0.2) is 9.97 Å². The van der Waals surface area contributed by atoms with Crippen molar-refractivity contribution in [2.24, 2.45) is 0 Å². The number of nitrogens with one attached hydrogen (secondary N) is 1. The molecule has 1 heterocycles. The number of hydrogen-bond donors (Lipinski definition) is 1. The molecule has 0 bridgehead atoms. The summed E-state index contributed by atoms with van der Waals surface area (Å²) in [6.07, 6.45) is 4.51. The van der Waals surface area contributed by atoms with Crippen LogP contribution in [-0.2, 0) is 16.9 Å². The third-order valence-electron chi connectivity index (χ3n) is 3.70. The lowest BCUT2D eigenvalue weighted by molar-refractivity contribution is -0.0459. The van der Waals surface area contributed by atoms with E-state index in [1.807, 2.05) is 6.92 Å². The van der Waals surface area contributed by atoms with Gasteiger partial charge < -0.3 is 10.1 Å². The number of rotatable bonds is 6. The van der Waals surface area contributed by atoms with E-state index in [1.54, 1.807) is 0 Å². The van der Waals surface area contributed by atoms with Crippen LogP contribution in [0.15, 0.2) is 6.07 Å². The first-order valence-electron chi connectivity index (χ1n) is 7.40. The summed E-state index contributed by atoms with van der Waals surface area (Å²) in [5, 5.41) is 3.32. The van der Waals surface area contributed by atoms with Gasteiger partial charge >= 0.3 is 0 Å². The van der Waals surface area contributed by atoms with Crippen molar-refractivity contribution in [3.05, 3.63) is 23.3 Å². The van der Waals surface area contributed by atoms with E-state index in [0.717, 1.165) is 49.8 Å². The van der Waals surface area contributed by atoms with Crippen molar-refractivity contribution in [3.63, 3.8) is 0 Å². The van der Waals surface area contributed by atoms with Crippen LogP contribution >= 0.6 is 0 Å². The molecule has 0 atom stereocenters. The Morgan fingerprint density at radius 3 is 2.63 bits per heavy atom. The Balaban J connectivity index is 2.28. The van der Waals surface area contributed by atoms with Crippen molar-refractivity contribution >= 4 is 0 Å². The predicted octanol–water partition coefficient (Wildman–Crippen LogP) is 2.70. The highest BCUT2D eigenvalue weighted by Gasteiger charge is 2.39. The Bertz CT molecular complexity index is 414. The molecule has 4 nitrogen and oxygen atoms in total. The van der Waals surface area contributed by atoms with Gasteiger partial charge in [0.05, 0.1) is 5.69 Å². The molecule has 1 aliphatic carbocycles. The molecule has 1 aliphatic rings. The van der Waals surface area contributed by atoms with E-state index in [0.29, 0.717) is 0 Å². The van der Waals surface area contributed by atoms with Gasteiger partial charge in [0.2, 0.25) is 0 Å². The van der Waals surface area contributed by atoms with Gasteiger partial charge in [-0.2, -0.15) is 0 Å². The monoisotopic (exact) mass is 263 g/mol. The second kappa shape index (κ2) is 6.44. The number of ether oxygens (including phenoxy) is 1. The number of nitrogens with zero attached hydrogens (tertiary/aromatic N) is 2. The molecular weight excluding hydrogens is 238 g/mol. The lowest BCUT2D eigenvalue weighted by Gasteiger charge is -2.27. The molecule has 0 aromatic carbocycles. The second-order valence-electron chi connectivity index (χ2n) is 5.24.